The number of amides is 7. The number of benzene rings is 4. The van der Waals surface area contributed by atoms with Crippen LogP contribution in [0.3, 0.4) is 0 Å². The van der Waals surface area contributed by atoms with Crippen LogP contribution in [-0.2, 0) is 38.8 Å². The normalized spacial score (nSPS) is 21.8. The molecule has 4 aliphatic heterocycles. The van der Waals surface area contributed by atoms with Gasteiger partial charge in [-0.3, -0.25) is 49.1 Å². The molecule has 9 rings (SSSR count). The van der Waals surface area contributed by atoms with Crippen LogP contribution < -0.4 is 31.9 Å². The maximum absolute atomic E-state index is 16.2. The summed E-state index contributed by atoms with van der Waals surface area (Å²) in [6, 6.07) is 19.2. The summed E-state index contributed by atoms with van der Waals surface area (Å²) in [6.45, 7) is 3.10. The molecule has 0 bridgehead atoms. The van der Waals surface area contributed by atoms with Crippen molar-refractivity contribution in [3.05, 3.63) is 123 Å². The fraction of sp³-hybridized carbons (Fsp3) is 0.415. The number of carbonyl (C=O) groups is 7. The van der Waals surface area contributed by atoms with E-state index in [1.807, 2.05) is 6.07 Å². The molecule has 7 amide bonds. The van der Waals surface area contributed by atoms with Gasteiger partial charge in [-0.25, -0.2) is 4.39 Å². The van der Waals surface area contributed by atoms with Crippen LogP contribution in [0, 0.1) is 5.82 Å². The van der Waals surface area contributed by atoms with Crippen LogP contribution in [-0.4, -0.2) is 117 Å². The number of rotatable bonds is 20. The molecule has 3 fully saturated rings. The van der Waals surface area contributed by atoms with Crippen LogP contribution in [0.25, 0.3) is 0 Å². The quantitative estimate of drug-likeness (QED) is 0.0413. The monoisotopic (exact) mass is 1040 g/mol. The van der Waals surface area contributed by atoms with E-state index < -0.39 is 64.3 Å². The second-order valence-corrected chi connectivity index (χ2v) is 19.7. The Morgan fingerprint density at radius 3 is 2.21 bits per heavy atom. The molecule has 17 nitrogen and oxygen atoms in total. The van der Waals surface area contributed by atoms with Crippen molar-refractivity contribution >= 4 is 81.6 Å². The van der Waals surface area contributed by atoms with Crippen LogP contribution in [0.1, 0.15) is 106 Å². The average Bonchev–Trinajstić information content (AvgIpc) is 3.97. The molecule has 4 aromatic rings. The highest BCUT2D eigenvalue weighted by molar-refractivity contribution is 6.31. The maximum atomic E-state index is 16.2. The number of hydrogen-bond donors (Lipinski definition) is 6. The molecule has 0 radical (unpaired) electrons. The number of ether oxygens (including phenoxy) is 3. The number of nitrogens with one attached hydrogen (secondary N) is 6. The summed E-state index contributed by atoms with van der Waals surface area (Å²) >= 11 is 12.8. The fourth-order valence-electron chi connectivity index (χ4n) is 11.2. The van der Waals surface area contributed by atoms with Gasteiger partial charge in [0.1, 0.15) is 17.3 Å². The van der Waals surface area contributed by atoms with Gasteiger partial charge in [0.15, 0.2) is 0 Å². The van der Waals surface area contributed by atoms with Gasteiger partial charge in [-0.2, -0.15) is 0 Å². The summed E-state index contributed by atoms with van der Waals surface area (Å²) in [5.74, 6) is -4.97. The van der Waals surface area contributed by atoms with E-state index in [1.54, 1.807) is 66.7 Å². The predicted octanol–water partition coefficient (Wildman–Crippen LogP) is 6.49. The Morgan fingerprint density at radius 2 is 1.48 bits per heavy atom. The van der Waals surface area contributed by atoms with Crippen molar-refractivity contribution in [2.24, 2.45) is 0 Å². The molecule has 4 heterocycles. The van der Waals surface area contributed by atoms with Gasteiger partial charge in [-0.1, -0.05) is 66.7 Å². The predicted molar refractivity (Wildman–Crippen MR) is 269 cm³/mol. The van der Waals surface area contributed by atoms with Crippen molar-refractivity contribution in [2.75, 3.05) is 68.7 Å². The minimum atomic E-state index is -1.36. The van der Waals surface area contributed by atoms with Crippen molar-refractivity contribution in [3.8, 4) is 0 Å². The highest BCUT2D eigenvalue weighted by Gasteiger charge is 2.72. The second kappa shape index (κ2) is 22.5. The Kier molecular flexibility index (Phi) is 15.9. The smallest absolute Gasteiger partial charge is 0.264 e. The van der Waals surface area contributed by atoms with Gasteiger partial charge < -0.3 is 35.5 Å². The zero-order valence-electron chi connectivity index (χ0n) is 39.9. The number of hydrogen-bond acceptors (Lipinski definition) is 12. The lowest BCUT2D eigenvalue weighted by Crippen LogP contribution is -2.60. The molecule has 1 unspecified atom stereocenters. The Hall–Kier alpha value is -6.28. The van der Waals surface area contributed by atoms with Crippen molar-refractivity contribution in [1.29, 1.82) is 0 Å². The van der Waals surface area contributed by atoms with Gasteiger partial charge in [0.25, 0.3) is 17.7 Å². The molecule has 2 spiro atoms. The van der Waals surface area contributed by atoms with Gasteiger partial charge in [-0.15, -0.1) is 0 Å². The number of carbonyl (C=O) groups excluding carboxylic acids is 7. The van der Waals surface area contributed by atoms with Crippen LogP contribution >= 0.6 is 23.2 Å². The SMILES string of the molecule is O=C1CCC(N2C(=O)c3cccc(NCCCOCCOCCOCCCNC(=O)c4ccc(NC(=O)[C@@H]5NC6(CCCCC6)[C@@]6(C(=O)Nc7cc(Cl)ccc76)[C@H]5c5cccc(Cl)c5F)cc4)c3C2=O)C(=O)N1. The van der Waals surface area contributed by atoms with E-state index >= 15 is 4.39 Å². The number of piperidine rings is 1. The second-order valence-electron chi connectivity index (χ2n) is 18.8. The highest BCUT2D eigenvalue weighted by Crippen LogP contribution is 2.63. The standard InChI is InChI=1S/C53H56Cl2FN7O10/c54-32-14-17-36-39(30-32)60-51(70)53(36)43(35-9-4-10-37(55)44(35)56)45(62-52(53)20-2-1-3-21-52)48(67)59-33-15-12-31(13-16-33)46(65)58-23-7-25-72-27-29-73-28-26-71-24-6-22-57-38-11-5-8-34-42(38)50(69)63(49(34)68)40-18-19-41(64)61-47(40)66/h4-5,8-17,30,40,43,45,57,62H,1-3,6-7,18-29H2,(H,58,65)(H,59,67)(H,60,70)(H,61,64,66)/t40?,43-,45+,53+/m0/s1. The Balaban J connectivity index is 0.677. The summed E-state index contributed by atoms with van der Waals surface area (Å²) < 4.78 is 33.2. The Labute approximate surface area is 430 Å². The van der Waals surface area contributed by atoms with Gasteiger partial charge in [0.2, 0.25) is 23.6 Å². The molecule has 4 atom stereocenters. The molecule has 1 aliphatic carbocycles. The van der Waals surface area contributed by atoms with Gasteiger partial charge in [0, 0.05) is 71.8 Å². The number of halogens is 3. The third-order valence-corrected chi connectivity index (χ3v) is 15.0. The van der Waals surface area contributed by atoms with E-state index in [0.717, 1.165) is 24.2 Å². The molecule has 1 saturated carbocycles. The number of anilines is 3. The molecule has 4 aromatic carbocycles. The molecule has 0 aromatic heterocycles. The topological polar surface area (TPSA) is 223 Å². The van der Waals surface area contributed by atoms with Crippen LogP contribution in [0.2, 0.25) is 10.0 Å². The zero-order valence-corrected chi connectivity index (χ0v) is 41.4. The van der Waals surface area contributed by atoms with Crippen LogP contribution in [0.15, 0.2) is 78.9 Å². The van der Waals surface area contributed by atoms with Crippen molar-refractivity contribution in [3.63, 3.8) is 0 Å². The average molecular weight is 1040 g/mol. The Bertz CT molecular complexity index is 2810. The molecule has 384 valence electrons. The van der Waals surface area contributed by atoms with Gasteiger partial charge >= 0.3 is 0 Å². The molecule has 5 aliphatic rings. The van der Waals surface area contributed by atoms with Gasteiger partial charge in [0.05, 0.1) is 48.6 Å². The first-order valence-electron chi connectivity index (χ1n) is 24.7. The van der Waals surface area contributed by atoms with Gasteiger partial charge in [-0.05, 0) is 97.8 Å². The zero-order chi connectivity index (χ0) is 51.3. The lowest BCUT2D eigenvalue weighted by Gasteiger charge is -2.47. The lowest BCUT2D eigenvalue weighted by atomic mass is 9.55. The first-order chi connectivity index (χ1) is 35.3. The van der Waals surface area contributed by atoms with Crippen LogP contribution in [0.4, 0.5) is 21.5 Å². The summed E-state index contributed by atoms with van der Waals surface area (Å²) in [5.41, 5.74) is 0.810. The highest BCUT2D eigenvalue weighted by atomic mass is 35.5. The first-order valence-corrected chi connectivity index (χ1v) is 25.4. The number of imide groups is 2. The molecular weight excluding hydrogens is 985 g/mol. The minimum absolute atomic E-state index is 0.0488. The van der Waals surface area contributed by atoms with E-state index in [0.29, 0.717) is 112 Å². The first kappa shape index (κ1) is 51.6. The van der Waals surface area contributed by atoms with E-state index in [2.05, 4.69) is 31.9 Å². The Morgan fingerprint density at radius 1 is 0.781 bits per heavy atom. The molecule has 6 N–H and O–H groups in total. The number of nitrogens with zero attached hydrogens (tertiary/aromatic N) is 1. The summed E-state index contributed by atoms with van der Waals surface area (Å²) in [6.07, 6.45) is 5.08. The summed E-state index contributed by atoms with van der Waals surface area (Å²) in [7, 11) is 0. The third kappa shape index (κ3) is 10.2. The number of fused-ring (bicyclic) bond motifs is 4. The van der Waals surface area contributed by atoms with E-state index in [9.17, 15) is 33.6 Å². The van der Waals surface area contributed by atoms with Crippen LogP contribution in [0.5, 0.6) is 0 Å². The molecular formula is C53H56Cl2FN7O10. The van der Waals surface area contributed by atoms with E-state index in [1.165, 1.54) is 6.07 Å². The van der Waals surface area contributed by atoms with E-state index in [4.69, 9.17) is 37.4 Å². The fourth-order valence-corrected chi connectivity index (χ4v) is 11.6. The van der Waals surface area contributed by atoms with Crippen molar-refractivity contribution in [1.82, 2.24) is 20.9 Å². The van der Waals surface area contributed by atoms with Crippen molar-refractivity contribution in [2.45, 2.75) is 86.7 Å². The minimum Gasteiger partial charge on any atom is -0.384 e. The molecule has 73 heavy (non-hydrogen) atoms. The van der Waals surface area contributed by atoms with E-state index in [-0.39, 0.29) is 46.4 Å². The molecule has 20 heteroatoms. The molecule has 2 saturated heterocycles. The largest absolute Gasteiger partial charge is 0.384 e. The summed E-state index contributed by atoms with van der Waals surface area (Å²) in [5, 5.41) is 18.2. The lowest BCUT2D eigenvalue weighted by molar-refractivity contribution is -0.136. The third-order valence-electron chi connectivity index (χ3n) is 14.5. The van der Waals surface area contributed by atoms with Crippen molar-refractivity contribution < 1.29 is 52.2 Å². The summed E-state index contributed by atoms with van der Waals surface area (Å²) in [4.78, 5) is 93.4. The maximum Gasteiger partial charge on any atom is 0.264 e.